The van der Waals surface area contributed by atoms with Gasteiger partial charge in [-0.3, -0.25) is 4.57 Å². The zero-order valence-corrected chi connectivity index (χ0v) is 20.1. The Morgan fingerprint density at radius 1 is 1.03 bits per heavy atom. The highest BCUT2D eigenvalue weighted by molar-refractivity contribution is 5.70. The van der Waals surface area contributed by atoms with E-state index in [1.54, 1.807) is 9.25 Å². The fraction of sp³-hybridized carbons (Fsp3) is 0.370. The molecule has 0 aliphatic heterocycles. The molecule has 1 aliphatic rings. The maximum Gasteiger partial charge on any atom is 0.346 e. The average Bonchev–Trinajstić information content (AvgIpc) is 3.54. The van der Waals surface area contributed by atoms with Gasteiger partial charge in [-0.2, -0.15) is 10.3 Å². The molecule has 0 unspecified atom stereocenters. The molecule has 4 aromatic rings. The smallest absolute Gasteiger partial charge is 0.271 e. The molecule has 8 nitrogen and oxygen atoms in total. The quantitative estimate of drug-likeness (QED) is 0.394. The van der Waals surface area contributed by atoms with Gasteiger partial charge in [-0.1, -0.05) is 74.7 Å². The van der Waals surface area contributed by atoms with Gasteiger partial charge in [0.25, 0.3) is 0 Å². The van der Waals surface area contributed by atoms with Gasteiger partial charge in [0.15, 0.2) is 5.82 Å². The van der Waals surface area contributed by atoms with Gasteiger partial charge in [0.05, 0.1) is 6.54 Å². The summed E-state index contributed by atoms with van der Waals surface area (Å²) in [6.45, 7) is 3.30. The molecule has 2 aromatic carbocycles. The third-order valence-corrected chi connectivity index (χ3v) is 6.70. The lowest BCUT2D eigenvalue weighted by atomic mass is 9.89. The molecule has 0 radical (unpaired) electrons. The lowest BCUT2D eigenvalue weighted by molar-refractivity contribution is 0.303. The third kappa shape index (κ3) is 5.31. The molecule has 1 aliphatic carbocycles. The van der Waals surface area contributed by atoms with Crippen molar-refractivity contribution in [2.24, 2.45) is 5.92 Å². The lowest BCUT2D eigenvalue weighted by Gasteiger charge is -2.20. The van der Waals surface area contributed by atoms with E-state index < -0.39 is 0 Å². The molecule has 1 fully saturated rings. The number of hydrogen-bond acceptors (Lipinski definition) is 5. The molecule has 0 atom stereocenters. The van der Waals surface area contributed by atoms with Gasteiger partial charge < -0.3 is 0 Å². The van der Waals surface area contributed by atoms with Crippen LogP contribution in [0, 0.1) is 5.92 Å². The van der Waals surface area contributed by atoms with Crippen LogP contribution in [-0.4, -0.2) is 35.0 Å². The molecule has 8 heteroatoms. The topological polar surface area (TPSA) is 94.3 Å². The molecule has 35 heavy (non-hydrogen) atoms. The van der Waals surface area contributed by atoms with E-state index in [1.807, 2.05) is 24.3 Å². The van der Waals surface area contributed by atoms with Crippen LogP contribution in [-0.2, 0) is 13.1 Å². The number of rotatable bonds is 8. The largest absolute Gasteiger partial charge is 0.346 e. The molecular formula is C27H31N7O. The molecule has 0 bridgehead atoms. The summed E-state index contributed by atoms with van der Waals surface area (Å²) < 4.78 is 3.48. The van der Waals surface area contributed by atoms with Gasteiger partial charge in [0.2, 0.25) is 5.82 Å². The van der Waals surface area contributed by atoms with Crippen LogP contribution in [0.4, 0.5) is 0 Å². The van der Waals surface area contributed by atoms with Crippen molar-refractivity contribution in [2.45, 2.75) is 58.5 Å². The highest BCUT2D eigenvalue weighted by Gasteiger charge is 2.18. The summed E-state index contributed by atoms with van der Waals surface area (Å²) in [7, 11) is 0. The second-order valence-corrected chi connectivity index (χ2v) is 9.24. The zero-order chi connectivity index (χ0) is 24.0. The third-order valence-electron chi connectivity index (χ3n) is 6.70. The Labute approximate surface area is 204 Å². The van der Waals surface area contributed by atoms with Crippen molar-refractivity contribution in [3.63, 3.8) is 0 Å². The monoisotopic (exact) mass is 469 g/mol. The first-order chi connectivity index (χ1) is 17.2. The summed E-state index contributed by atoms with van der Waals surface area (Å²) in [5.74, 6) is 1.85. The van der Waals surface area contributed by atoms with Crippen molar-refractivity contribution >= 4 is 6.08 Å². The number of allylic oxidation sites excluding steroid dienone is 1. The van der Waals surface area contributed by atoms with E-state index in [0.29, 0.717) is 24.8 Å². The highest BCUT2D eigenvalue weighted by atomic mass is 16.2. The molecular weight excluding hydrogens is 438 g/mol. The number of nitrogens with one attached hydrogen (secondary N) is 1. The standard InChI is InChI=1S/C27H31N7O/c1-2-3-12-25-30-34(19-20-8-5-4-6-9-20)27(35)33(25)18-21-13-15-22(16-14-21)23-10-7-11-24(17-23)26-28-31-32-29-26/h3,7,10-17,20H,2,4-6,8-9,18-19H2,1H3,(H,28,29,31,32). The van der Waals surface area contributed by atoms with Gasteiger partial charge >= 0.3 is 5.69 Å². The number of benzene rings is 2. The zero-order valence-electron chi connectivity index (χ0n) is 20.1. The van der Waals surface area contributed by atoms with Crippen molar-refractivity contribution in [1.29, 1.82) is 0 Å². The summed E-state index contributed by atoms with van der Waals surface area (Å²) in [4.78, 5) is 13.3. The van der Waals surface area contributed by atoms with Crippen molar-refractivity contribution in [2.75, 3.05) is 0 Å². The second kappa shape index (κ2) is 10.6. The van der Waals surface area contributed by atoms with E-state index in [2.05, 4.69) is 64.0 Å². The molecule has 180 valence electrons. The average molecular weight is 470 g/mol. The molecule has 5 rings (SSSR count). The minimum Gasteiger partial charge on any atom is -0.271 e. The normalized spacial score (nSPS) is 14.7. The Morgan fingerprint density at radius 3 is 2.57 bits per heavy atom. The predicted molar refractivity (Wildman–Crippen MR) is 137 cm³/mol. The van der Waals surface area contributed by atoms with Crippen LogP contribution in [0.1, 0.15) is 56.8 Å². The number of aromatic nitrogens is 7. The van der Waals surface area contributed by atoms with Crippen molar-refractivity contribution < 1.29 is 0 Å². The van der Waals surface area contributed by atoms with Crippen LogP contribution >= 0.6 is 0 Å². The Bertz CT molecular complexity index is 1330. The number of tetrazole rings is 1. The first kappa shape index (κ1) is 23.0. The van der Waals surface area contributed by atoms with E-state index in [1.165, 1.54) is 32.1 Å². The molecule has 0 amide bonds. The Balaban J connectivity index is 1.37. The maximum atomic E-state index is 13.3. The van der Waals surface area contributed by atoms with Gasteiger partial charge in [-0.05, 0) is 59.2 Å². The van der Waals surface area contributed by atoms with Crippen LogP contribution in [0.25, 0.3) is 28.6 Å². The van der Waals surface area contributed by atoms with E-state index >= 15 is 0 Å². The number of hydrogen-bond donors (Lipinski definition) is 1. The van der Waals surface area contributed by atoms with Crippen molar-refractivity contribution in [3.8, 4) is 22.5 Å². The fourth-order valence-corrected chi connectivity index (χ4v) is 4.79. The van der Waals surface area contributed by atoms with E-state index in [0.717, 1.165) is 34.5 Å². The molecule has 0 saturated heterocycles. The van der Waals surface area contributed by atoms with Gasteiger partial charge in [-0.15, -0.1) is 10.2 Å². The van der Waals surface area contributed by atoms with Crippen LogP contribution in [0.2, 0.25) is 0 Å². The van der Waals surface area contributed by atoms with Crippen molar-refractivity contribution in [3.05, 3.63) is 76.5 Å². The number of aromatic amines is 1. The molecule has 2 heterocycles. The van der Waals surface area contributed by atoms with Gasteiger partial charge in [0, 0.05) is 12.1 Å². The summed E-state index contributed by atoms with van der Waals surface area (Å²) in [6, 6.07) is 16.4. The summed E-state index contributed by atoms with van der Waals surface area (Å²) >= 11 is 0. The van der Waals surface area contributed by atoms with E-state index in [-0.39, 0.29) is 5.69 Å². The Morgan fingerprint density at radius 2 is 1.83 bits per heavy atom. The first-order valence-corrected chi connectivity index (χ1v) is 12.5. The SMILES string of the molecule is CCC=Cc1nn(CC2CCCCC2)c(=O)n1Cc1ccc(-c2cccc(-c3nn[nH]n3)c2)cc1. The summed E-state index contributed by atoms with van der Waals surface area (Å²) in [5.41, 5.74) is 4.11. The first-order valence-electron chi connectivity index (χ1n) is 12.5. The molecule has 1 saturated carbocycles. The van der Waals surface area contributed by atoms with Crippen LogP contribution < -0.4 is 5.69 Å². The van der Waals surface area contributed by atoms with Crippen molar-refractivity contribution in [1.82, 2.24) is 35.0 Å². The molecule has 1 N–H and O–H groups in total. The summed E-state index contributed by atoms with van der Waals surface area (Å²) in [6.07, 6.45) is 11.1. The highest BCUT2D eigenvalue weighted by Crippen LogP contribution is 2.26. The predicted octanol–water partition coefficient (Wildman–Crippen LogP) is 4.94. The van der Waals surface area contributed by atoms with Gasteiger partial charge in [-0.25, -0.2) is 9.48 Å². The van der Waals surface area contributed by atoms with Crippen LogP contribution in [0.5, 0.6) is 0 Å². The van der Waals surface area contributed by atoms with E-state index in [4.69, 9.17) is 5.10 Å². The molecule has 2 aromatic heterocycles. The maximum absolute atomic E-state index is 13.3. The summed E-state index contributed by atoms with van der Waals surface area (Å²) in [5, 5.41) is 19.0. The fourth-order valence-electron chi connectivity index (χ4n) is 4.79. The number of nitrogens with zero attached hydrogens (tertiary/aromatic N) is 6. The molecule has 0 spiro atoms. The van der Waals surface area contributed by atoms with Gasteiger partial charge in [0.1, 0.15) is 0 Å². The van der Waals surface area contributed by atoms with Crippen LogP contribution in [0.15, 0.2) is 59.4 Å². The Kier molecular flexibility index (Phi) is 6.97. The number of H-pyrrole nitrogens is 1. The van der Waals surface area contributed by atoms with Crippen LogP contribution in [0.3, 0.4) is 0 Å². The Hall–Kier alpha value is -3.81. The second-order valence-electron chi connectivity index (χ2n) is 9.24. The van der Waals surface area contributed by atoms with E-state index in [9.17, 15) is 4.79 Å². The minimum absolute atomic E-state index is 0.0248. The minimum atomic E-state index is -0.0248. The lowest BCUT2D eigenvalue weighted by Crippen LogP contribution is -2.28.